The maximum atomic E-state index is 3.33. The molecule has 1 aliphatic rings. The van der Waals surface area contributed by atoms with Crippen molar-refractivity contribution < 1.29 is 0 Å². The molecule has 0 bridgehead atoms. The third kappa shape index (κ3) is 1.18. The number of hydrogen-bond donors (Lipinski definition) is 1. The van der Waals surface area contributed by atoms with Gasteiger partial charge in [-0.25, -0.2) is 0 Å². The van der Waals surface area contributed by atoms with Gasteiger partial charge in [-0.3, -0.25) is 0 Å². The Morgan fingerprint density at radius 1 is 1.50 bits per heavy atom. The molecule has 1 rings (SSSR count). The SMILES string of the molecule is CNC(C)(C)C1CCN1C. The summed E-state index contributed by atoms with van der Waals surface area (Å²) >= 11 is 0. The van der Waals surface area contributed by atoms with Crippen LogP contribution in [0.4, 0.5) is 0 Å². The third-order valence-electron chi connectivity index (χ3n) is 2.76. The Bertz CT molecular complexity index is 120. The molecule has 60 valence electrons. The monoisotopic (exact) mass is 142 g/mol. The zero-order chi connectivity index (χ0) is 7.78. The third-order valence-corrected chi connectivity index (χ3v) is 2.76. The molecule has 0 aromatic heterocycles. The Balaban J connectivity index is 2.47. The first kappa shape index (κ1) is 8.02. The number of hydrogen-bond acceptors (Lipinski definition) is 2. The van der Waals surface area contributed by atoms with Gasteiger partial charge in [0.1, 0.15) is 0 Å². The van der Waals surface area contributed by atoms with Gasteiger partial charge in [0.2, 0.25) is 0 Å². The van der Waals surface area contributed by atoms with Gasteiger partial charge in [-0.2, -0.15) is 0 Å². The summed E-state index contributed by atoms with van der Waals surface area (Å²) in [6.45, 7) is 5.77. The summed E-state index contributed by atoms with van der Waals surface area (Å²) in [7, 11) is 4.22. The van der Waals surface area contributed by atoms with E-state index in [0.717, 1.165) is 6.04 Å². The lowest BCUT2D eigenvalue weighted by Crippen LogP contribution is -2.61. The molecule has 10 heavy (non-hydrogen) atoms. The topological polar surface area (TPSA) is 15.3 Å². The molecule has 0 aromatic carbocycles. The molecule has 0 aliphatic carbocycles. The summed E-state index contributed by atoms with van der Waals surface area (Å²) in [5.74, 6) is 0. The van der Waals surface area contributed by atoms with Crippen molar-refractivity contribution in [2.24, 2.45) is 0 Å². The lowest BCUT2D eigenvalue weighted by molar-refractivity contribution is 0.0554. The molecule has 1 aliphatic heterocycles. The molecule has 0 spiro atoms. The van der Waals surface area contributed by atoms with E-state index in [-0.39, 0.29) is 5.54 Å². The summed E-state index contributed by atoms with van der Waals surface area (Å²) in [5, 5.41) is 3.33. The fourth-order valence-corrected chi connectivity index (χ4v) is 1.59. The second kappa shape index (κ2) is 2.51. The highest BCUT2D eigenvalue weighted by Gasteiger charge is 2.36. The largest absolute Gasteiger partial charge is 0.313 e. The molecule has 1 saturated heterocycles. The van der Waals surface area contributed by atoms with Gasteiger partial charge in [-0.05, 0) is 40.9 Å². The van der Waals surface area contributed by atoms with Gasteiger partial charge < -0.3 is 10.2 Å². The molecule has 1 N–H and O–H groups in total. The highest BCUT2D eigenvalue weighted by molar-refractivity contribution is 4.96. The molecule has 2 heteroatoms. The van der Waals surface area contributed by atoms with Crippen LogP contribution in [0.25, 0.3) is 0 Å². The quantitative estimate of drug-likeness (QED) is 0.610. The van der Waals surface area contributed by atoms with Crippen molar-refractivity contribution in [3.63, 3.8) is 0 Å². The van der Waals surface area contributed by atoms with Crippen molar-refractivity contribution in [1.82, 2.24) is 10.2 Å². The molecular formula is C8H18N2. The van der Waals surface area contributed by atoms with E-state index in [1.807, 2.05) is 7.05 Å². The highest BCUT2D eigenvalue weighted by Crippen LogP contribution is 2.24. The van der Waals surface area contributed by atoms with E-state index in [4.69, 9.17) is 0 Å². The Labute approximate surface area is 63.6 Å². The maximum Gasteiger partial charge on any atom is 0.0281 e. The molecule has 0 aromatic rings. The van der Waals surface area contributed by atoms with E-state index in [2.05, 4.69) is 31.1 Å². The summed E-state index contributed by atoms with van der Waals surface area (Å²) in [6.07, 6.45) is 1.34. The van der Waals surface area contributed by atoms with Gasteiger partial charge in [0.25, 0.3) is 0 Å². The average Bonchev–Trinajstić information content (AvgIpc) is 1.84. The fourth-order valence-electron chi connectivity index (χ4n) is 1.59. The molecule has 0 saturated carbocycles. The van der Waals surface area contributed by atoms with Crippen molar-refractivity contribution in [3.8, 4) is 0 Å². The zero-order valence-corrected chi connectivity index (χ0v) is 7.44. The Kier molecular flexibility index (Phi) is 2.02. The summed E-state index contributed by atoms with van der Waals surface area (Å²) < 4.78 is 0. The van der Waals surface area contributed by atoms with Gasteiger partial charge in [0, 0.05) is 11.6 Å². The first-order valence-corrected chi connectivity index (χ1v) is 3.97. The highest BCUT2D eigenvalue weighted by atomic mass is 15.2. The van der Waals surface area contributed by atoms with Crippen LogP contribution in [0.2, 0.25) is 0 Å². The predicted octanol–water partition coefficient (Wildman–Crippen LogP) is 0.688. The second-order valence-corrected chi connectivity index (χ2v) is 3.76. The fraction of sp³-hybridized carbons (Fsp3) is 1.00. The van der Waals surface area contributed by atoms with E-state index in [1.165, 1.54) is 13.0 Å². The molecule has 1 unspecified atom stereocenters. The van der Waals surface area contributed by atoms with Crippen LogP contribution < -0.4 is 5.32 Å². The van der Waals surface area contributed by atoms with E-state index < -0.39 is 0 Å². The standard InChI is InChI=1S/C8H18N2/c1-8(2,9-3)7-5-6-10(7)4/h7,9H,5-6H2,1-4H3. The number of likely N-dealkylation sites (tertiary alicyclic amines) is 1. The molecule has 1 fully saturated rings. The molecule has 0 amide bonds. The van der Waals surface area contributed by atoms with Crippen molar-refractivity contribution >= 4 is 0 Å². The molecule has 1 atom stereocenters. The van der Waals surface area contributed by atoms with Crippen LogP contribution >= 0.6 is 0 Å². The minimum Gasteiger partial charge on any atom is -0.313 e. The second-order valence-electron chi connectivity index (χ2n) is 3.76. The first-order valence-electron chi connectivity index (χ1n) is 3.97. The van der Waals surface area contributed by atoms with Crippen LogP contribution in [-0.4, -0.2) is 37.1 Å². The number of nitrogens with one attached hydrogen (secondary N) is 1. The van der Waals surface area contributed by atoms with Crippen molar-refractivity contribution in [1.29, 1.82) is 0 Å². The van der Waals surface area contributed by atoms with Gasteiger partial charge in [0.15, 0.2) is 0 Å². The number of nitrogens with zero attached hydrogens (tertiary/aromatic N) is 1. The molecule has 1 heterocycles. The van der Waals surface area contributed by atoms with Crippen LogP contribution in [0.15, 0.2) is 0 Å². The lowest BCUT2D eigenvalue weighted by atomic mass is 9.86. The zero-order valence-electron chi connectivity index (χ0n) is 7.44. The smallest absolute Gasteiger partial charge is 0.0281 e. The van der Waals surface area contributed by atoms with Gasteiger partial charge >= 0.3 is 0 Å². The lowest BCUT2D eigenvalue weighted by Gasteiger charge is -2.47. The number of rotatable bonds is 2. The van der Waals surface area contributed by atoms with Gasteiger partial charge in [0.05, 0.1) is 0 Å². The van der Waals surface area contributed by atoms with Crippen LogP contribution in [0, 0.1) is 0 Å². The normalized spacial score (nSPS) is 28.2. The average molecular weight is 142 g/mol. The van der Waals surface area contributed by atoms with Gasteiger partial charge in [-0.1, -0.05) is 0 Å². The van der Waals surface area contributed by atoms with E-state index in [0.29, 0.717) is 0 Å². The summed E-state index contributed by atoms with van der Waals surface area (Å²) in [5.41, 5.74) is 0.285. The van der Waals surface area contributed by atoms with Crippen LogP contribution in [0.1, 0.15) is 20.3 Å². The van der Waals surface area contributed by atoms with Crippen LogP contribution in [0.5, 0.6) is 0 Å². The maximum absolute atomic E-state index is 3.33. The minimum absolute atomic E-state index is 0.285. The van der Waals surface area contributed by atoms with Crippen LogP contribution in [0.3, 0.4) is 0 Å². The van der Waals surface area contributed by atoms with Crippen LogP contribution in [-0.2, 0) is 0 Å². The van der Waals surface area contributed by atoms with Crippen molar-refractivity contribution in [2.75, 3.05) is 20.6 Å². The van der Waals surface area contributed by atoms with Crippen molar-refractivity contribution in [2.45, 2.75) is 31.8 Å². The Hall–Kier alpha value is -0.0800. The number of likely N-dealkylation sites (N-methyl/N-ethyl adjacent to an activating group) is 2. The van der Waals surface area contributed by atoms with E-state index >= 15 is 0 Å². The van der Waals surface area contributed by atoms with Crippen molar-refractivity contribution in [3.05, 3.63) is 0 Å². The summed E-state index contributed by atoms with van der Waals surface area (Å²) in [4.78, 5) is 2.40. The minimum atomic E-state index is 0.285. The predicted molar refractivity (Wildman–Crippen MR) is 44.2 cm³/mol. The van der Waals surface area contributed by atoms with E-state index in [1.54, 1.807) is 0 Å². The molecular weight excluding hydrogens is 124 g/mol. The first-order chi connectivity index (χ1) is 4.58. The van der Waals surface area contributed by atoms with E-state index in [9.17, 15) is 0 Å². The molecule has 2 nitrogen and oxygen atoms in total. The Morgan fingerprint density at radius 3 is 2.20 bits per heavy atom. The molecule has 0 radical (unpaired) electrons. The Morgan fingerprint density at radius 2 is 2.10 bits per heavy atom. The van der Waals surface area contributed by atoms with Gasteiger partial charge in [-0.15, -0.1) is 0 Å². The summed E-state index contributed by atoms with van der Waals surface area (Å²) in [6, 6.07) is 0.734.